The Hall–Kier alpha value is -2.17. The molecule has 1 aliphatic carbocycles. The molecule has 0 spiro atoms. The molecule has 5 nitrogen and oxygen atoms in total. The van der Waals surface area contributed by atoms with Crippen molar-refractivity contribution in [3.63, 3.8) is 0 Å². The van der Waals surface area contributed by atoms with Gasteiger partial charge in [0.2, 0.25) is 0 Å². The van der Waals surface area contributed by atoms with Crippen LogP contribution in [-0.4, -0.2) is 28.0 Å². The number of carboxylic acid groups (broad SMARTS) is 1. The number of carbonyl (C=O) groups excluding carboxylic acids is 1. The van der Waals surface area contributed by atoms with Crippen molar-refractivity contribution < 1.29 is 14.7 Å². The molecule has 5 heteroatoms. The fourth-order valence-electron chi connectivity index (χ4n) is 1.95. The van der Waals surface area contributed by atoms with Gasteiger partial charge in [-0.1, -0.05) is 18.2 Å². The summed E-state index contributed by atoms with van der Waals surface area (Å²) in [4.78, 5) is 26.7. The van der Waals surface area contributed by atoms with E-state index in [4.69, 9.17) is 5.11 Å². The van der Waals surface area contributed by atoms with Gasteiger partial charge in [-0.3, -0.25) is 14.6 Å². The molecule has 1 aromatic rings. The second kappa shape index (κ2) is 5.00. The molecule has 18 heavy (non-hydrogen) atoms. The van der Waals surface area contributed by atoms with Crippen molar-refractivity contribution in [3.8, 4) is 0 Å². The number of amides is 1. The Kier molecular flexibility index (Phi) is 3.41. The molecule has 2 atom stereocenters. The van der Waals surface area contributed by atoms with Gasteiger partial charge in [-0.2, -0.15) is 0 Å². The first-order chi connectivity index (χ1) is 8.58. The average Bonchev–Trinajstić information content (AvgIpc) is 2.78. The number of rotatable bonds is 3. The van der Waals surface area contributed by atoms with Crippen LogP contribution in [-0.2, 0) is 4.79 Å². The van der Waals surface area contributed by atoms with Gasteiger partial charge in [0.15, 0.2) is 0 Å². The Bertz CT molecular complexity index is 511. The molecular weight excluding hydrogens is 232 g/mol. The molecule has 0 fully saturated rings. The lowest BCUT2D eigenvalue weighted by Gasteiger charge is -2.12. The van der Waals surface area contributed by atoms with Crippen LogP contribution in [0.4, 0.5) is 0 Å². The Morgan fingerprint density at radius 2 is 2.22 bits per heavy atom. The lowest BCUT2D eigenvalue weighted by molar-refractivity contribution is -0.140. The first-order valence-corrected chi connectivity index (χ1v) is 5.71. The van der Waals surface area contributed by atoms with E-state index in [0.29, 0.717) is 12.1 Å². The van der Waals surface area contributed by atoms with Gasteiger partial charge >= 0.3 is 5.97 Å². The molecule has 0 aliphatic heterocycles. The van der Waals surface area contributed by atoms with Crippen LogP contribution < -0.4 is 5.32 Å². The van der Waals surface area contributed by atoms with Crippen LogP contribution >= 0.6 is 0 Å². The first kappa shape index (κ1) is 12.3. The highest BCUT2D eigenvalue weighted by molar-refractivity contribution is 5.94. The number of nitrogens with one attached hydrogen (secondary N) is 1. The molecule has 94 valence electrons. The number of aryl methyl sites for hydroxylation is 1. The maximum Gasteiger partial charge on any atom is 0.310 e. The van der Waals surface area contributed by atoms with Gasteiger partial charge in [-0.15, -0.1) is 0 Å². The normalized spacial score (nSPS) is 21.8. The van der Waals surface area contributed by atoms with Gasteiger partial charge in [0.05, 0.1) is 5.92 Å². The maximum atomic E-state index is 11.9. The summed E-state index contributed by atoms with van der Waals surface area (Å²) in [6.07, 6.45) is 5.28. The molecule has 1 aliphatic rings. The zero-order valence-corrected chi connectivity index (χ0v) is 9.96. The van der Waals surface area contributed by atoms with Gasteiger partial charge in [0, 0.05) is 12.2 Å². The Morgan fingerprint density at radius 1 is 1.44 bits per heavy atom. The monoisotopic (exact) mass is 246 g/mol. The molecule has 0 saturated carbocycles. The van der Waals surface area contributed by atoms with Crippen molar-refractivity contribution in [1.82, 2.24) is 10.3 Å². The fourth-order valence-corrected chi connectivity index (χ4v) is 1.95. The third-order valence-electron chi connectivity index (χ3n) is 2.94. The minimum absolute atomic E-state index is 0.236. The smallest absolute Gasteiger partial charge is 0.310 e. The molecule has 2 N–H and O–H groups in total. The Morgan fingerprint density at radius 3 is 2.83 bits per heavy atom. The second-order valence-electron chi connectivity index (χ2n) is 4.31. The summed E-state index contributed by atoms with van der Waals surface area (Å²) in [5.74, 6) is -1.65. The molecule has 0 radical (unpaired) electrons. The summed E-state index contributed by atoms with van der Waals surface area (Å²) in [6.45, 7) is 1.81. The number of carbonyl (C=O) groups is 2. The topological polar surface area (TPSA) is 79.3 Å². The summed E-state index contributed by atoms with van der Waals surface area (Å²) >= 11 is 0. The third kappa shape index (κ3) is 2.56. The highest BCUT2D eigenvalue weighted by Gasteiger charge is 2.26. The number of hydrogen-bond donors (Lipinski definition) is 2. The number of pyridine rings is 1. The average molecular weight is 246 g/mol. The second-order valence-corrected chi connectivity index (χ2v) is 4.31. The van der Waals surface area contributed by atoms with E-state index in [1.807, 2.05) is 13.0 Å². The Balaban J connectivity index is 2.00. The number of aliphatic carboxylic acids is 1. The first-order valence-electron chi connectivity index (χ1n) is 5.71. The van der Waals surface area contributed by atoms with Crippen molar-refractivity contribution in [1.29, 1.82) is 0 Å². The van der Waals surface area contributed by atoms with Gasteiger partial charge in [0.25, 0.3) is 5.91 Å². The van der Waals surface area contributed by atoms with Crippen LogP contribution in [0.3, 0.4) is 0 Å². The summed E-state index contributed by atoms with van der Waals surface area (Å²) in [5, 5.41) is 11.6. The SMILES string of the molecule is Cc1cccnc1C(=O)NC1C=CC(C(=O)O)C1. The minimum Gasteiger partial charge on any atom is -0.481 e. The van der Waals surface area contributed by atoms with Gasteiger partial charge in [-0.25, -0.2) is 0 Å². The maximum absolute atomic E-state index is 11.9. The molecule has 1 heterocycles. The van der Waals surface area contributed by atoms with Crippen LogP contribution in [0, 0.1) is 12.8 Å². The molecule has 0 saturated heterocycles. The van der Waals surface area contributed by atoms with Crippen LogP contribution in [0.1, 0.15) is 22.5 Å². The van der Waals surface area contributed by atoms with E-state index in [9.17, 15) is 9.59 Å². The summed E-state index contributed by atoms with van der Waals surface area (Å²) < 4.78 is 0. The van der Waals surface area contributed by atoms with E-state index in [1.54, 1.807) is 24.4 Å². The summed E-state index contributed by atoms with van der Waals surface area (Å²) in [7, 11) is 0. The van der Waals surface area contributed by atoms with Crippen molar-refractivity contribution in [2.75, 3.05) is 0 Å². The van der Waals surface area contributed by atoms with Gasteiger partial charge < -0.3 is 10.4 Å². The number of carboxylic acids is 1. The predicted molar refractivity (Wildman–Crippen MR) is 65.1 cm³/mol. The molecule has 2 unspecified atom stereocenters. The zero-order valence-electron chi connectivity index (χ0n) is 9.96. The standard InChI is InChI=1S/C13H14N2O3/c1-8-3-2-6-14-11(8)12(16)15-10-5-4-9(7-10)13(17)18/h2-6,9-10H,7H2,1H3,(H,15,16)(H,17,18). The molecular formula is C13H14N2O3. The van der Waals surface area contributed by atoms with Crippen LogP contribution in [0.25, 0.3) is 0 Å². The summed E-state index contributed by atoms with van der Waals surface area (Å²) in [6, 6.07) is 3.34. The van der Waals surface area contributed by atoms with Crippen molar-refractivity contribution in [3.05, 3.63) is 41.7 Å². The van der Waals surface area contributed by atoms with E-state index in [0.717, 1.165) is 5.56 Å². The quantitative estimate of drug-likeness (QED) is 0.784. The predicted octanol–water partition coefficient (Wildman–Crippen LogP) is 1.15. The number of nitrogens with zero attached hydrogens (tertiary/aromatic N) is 1. The lowest BCUT2D eigenvalue weighted by atomic mass is 10.1. The molecule has 1 aromatic heterocycles. The van der Waals surface area contributed by atoms with E-state index in [-0.39, 0.29) is 11.9 Å². The summed E-state index contributed by atoms with van der Waals surface area (Å²) in [5.41, 5.74) is 1.18. The molecule has 0 aromatic carbocycles. The van der Waals surface area contributed by atoms with E-state index < -0.39 is 11.9 Å². The molecule has 1 amide bonds. The Labute approximate surface area is 105 Å². The largest absolute Gasteiger partial charge is 0.481 e. The van der Waals surface area contributed by atoms with Gasteiger partial charge in [0.1, 0.15) is 5.69 Å². The van der Waals surface area contributed by atoms with Crippen LogP contribution in [0.5, 0.6) is 0 Å². The van der Waals surface area contributed by atoms with Crippen LogP contribution in [0.15, 0.2) is 30.5 Å². The zero-order chi connectivity index (χ0) is 13.1. The van der Waals surface area contributed by atoms with Crippen molar-refractivity contribution >= 4 is 11.9 Å². The van der Waals surface area contributed by atoms with Crippen LogP contribution in [0.2, 0.25) is 0 Å². The molecule has 2 rings (SSSR count). The van der Waals surface area contributed by atoms with Crippen molar-refractivity contribution in [2.24, 2.45) is 5.92 Å². The minimum atomic E-state index is -0.864. The molecule has 0 bridgehead atoms. The highest BCUT2D eigenvalue weighted by atomic mass is 16.4. The highest BCUT2D eigenvalue weighted by Crippen LogP contribution is 2.18. The van der Waals surface area contributed by atoms with E-state index >= 15 is 0 Å². The van der Waals surface area contributed by atoms with Gasteiger partial charge in [-0.05, 0) is 25.0 Å². The van der Waals surface area contributed by atoms with E-state index in [1.165, 1.54) is 0 Å². The van der Waals surface area contributed by atoms with Crippen molar-refractivity contribution in [2.45, 2.75) is 19.4 Å². The van der Waals surface area contributed by atoms with E-state index in [2.05, 4.69) is 10.3 Å². The number of hydrogen-bond acceptors (Lipinski definition) is 3. The number of aromatic nitrogens is 1. The third-order valence-corrected chi connectivity index (χ3v) is 2.94. The lowest BCUT2D eigenvalue weighted by Crippen LogP contribution is -2.34. The fraction of sp³-hybridized carbons (Fsp3) is 0.308.